The van der Waals surface area contributed by atoms with Gasteiger partial charge in [-0.15, -0.1) is 0 Å². The van der Waals surface area contributed by atoms with E-state index in [1.54, 1.807) is 0 Å². The van der Waals surface area contributed by atoms with Gasteiger partial charge in [0.25, 0.3) is 0 Å². The highest BCUT2D eigenvalue weighted by atomic mass is 127. The molecule has 1 heterocycles. The smallest absolute Gasteiger partial charge is 0.182 e. The van der Waals surface area contributed by atoms with Crippen LogP contribution in [0.3, 0.4) is 0 Å². The molecule has 0 radical (unpaired) electrons. The quantitative estimate of drug-likeness (QED) is 0.401. The number of rotatable bonds is 1. The fourth-order valence-electron chi connectivity index (χ4n) is 2.01. The van der Waals surface area contributed by atoms with E-state index in [-0.39, 0.29) is 0 Å². The molecule has 0 aliphatic rings. The molecule has 96 valence electrons. The molecule has 0 saturated carbocycles. The number of H-pyrrole nitrogens is 1. The monoisotopic (exact) mass is 420 g/mol. The summed E-state index contributed by atoms with van der Waals surface area (Å²) in [7, 11) is 0. The van der Waals surface area contributed by atoms with Crippen LogP contribution in [0.25, 0.3) is 16.7 Å². The molecule has 1 N–H and O–H groups in total. The number of fused-ring (bicyclic) bond motifs is 1. The Bertz CT molecular complexity index is 838. The second-order valence-electron chi connectivity index (χ2n) is 4.00. The largest absolute Gasteiger partial charge is 0.330 e. The van der Waals surface area contributed by atoms with Crippen LogP contribution >= 0.6 is 58.0 Å². The molecule has 3 aromatic rings. The summed E-state index contributed by atoms with van der Waals surface area (Å²) >= 11 is 19.9. The first-order valence-electron chi connectivity index (χ1n) is 5.42. The van der Waals surface area contributed by atoms with E-state index >= 15 is 0 Å². The Morgan fingerprint density at radius 1 is 1.16 bits per heavy atom. The number of nitrogens with one attached hydrogen (secondary N) is 1. The summed E-state index contributed by atoms with van der Waals surface area (Å²) in [5, 5.41) is 1.36. The topological polar surface area (TPSA) is 20.7 Å². The third kappa shape index (κ3) is 2.31. The van der Waals surface area contributed by atoms with Gasteiger partial charge in [-0.2, -0.15) is 0 Å². The lowest BCUT2D eigenvalue weighted by molar-refractivity contribution is 1.06. The van der Waals surface area contributed by atoms with Crippen molar-refractivity contribution in [2.24, 2.45) is 0 Å². The molecule has 0 aliphatic carbocycles. The zero-order valence-corrected chi connectivity index (χ0v) is 13.9. The number of hydrogen-bond acceptors (Lipinski definition) is 1. The molecule has 0 aliphatic heterocycles. The van der Waals surface area contributed by atoms with Gasteiger partial charge in [-0.1, -0.05) is 29.3 Å². The lowest BCUT2D eigenvalue weighted by Crippen LogP contribution is -1.97. The average molecular weight is 421 g/mol. The zero-order chi connectivity index (χ0) is 13.6. The first-order valence-corrected chi connectivity index (χ1v) is 7.67. The molecule has 0 saturated heterocycles. The molecular weight excluding hydrogens is 414 g/mol. The standard InChI is InChI=1S/C13H7Cl2IN2S/c14-7-4-5-11(9(16)6-7)18-12-8(15)2-1-3-10(12)17-13(18)19/h1-6H,(H,17,19). The first kappa shape index (κ1) is 13.4. The highest BCUT2D eigenvalue weighted by Crippen LogP contribution is 2.29. The van der Waals surface area contributed by atoms with Crippen LogP contribution < -0.4 is 0 Å². The SMILES string of the molecule is S=c1[nH]c2cccc(Cl)c2n1-c1ccc(Cl)cc1I. The Morgan fingerprint density at radius 2 is 1.95 bits per heavy atom. The van der Waals surface area contributed by atoms with Crippen LogP contribution in [0.5, 0.6) is 0 Å². The van der Waals surface area contributed by atoms with Gasteiger partial charge in [0.05, 0.1) is 21.7 Å². The van der Waals surface area contributed by atoms with Gasteiger partial charge >= 0.3 is 0 Å². The third-order valence-corrected chi connectivity index (χ3v) is 4.49. The fraction of sp³-hybridized carbons (Fsp3) is 0. The highest BCUT2D eigenvalue weighted by molar-refractivity contribution is 14.1. The van der Waals surface area contributed by atoms with Crippen LogP contribution in [0.15, 0.2) is 36.4 Å². The van der Waals surface area contributed by atoms with Crippen LogP contribution in [0.1, 0.15) is 0 Å². The molecule has 0 amide bonds. The Kier molecular flexibility index (Phi) is 3.59. The van der Waals surface area contributed by atoms with Gasteiger partial charge in [0, 0.05) is 8.59 Å². The van der Waals surface area contributed by atoms with Crippen LogP contribution in [0.4, 0.5) is 0 Å². The Balaban J connectivity index is 2.42. The maximum atomic E-state index is 6.29. The molecule has 2 aromatic carbocycles. The number of hydrogen-bond donors (Lipinski definition) is 1. The molecule has 0 atom stereocenters. The molecule has 1 aromatic heterocycles. The highest BCUT2D eigenvalue weighted by Gasteiger charge is 2.12. The lowest BCUT2D eigenvalue weighted by atomic mass is 10.3. The van der Waals surface area contributed by atoms with Crippen LogP contribution in [-0.2, 0) is 0 Å². The molecule has 0 spiro atoms. The first-order chi connectivity index (χ1) is 9.08. The number of aromatic nitrogens is 2. The Morgan fingerprint density at radius 3 is 2.68 bits per heavy atom. The summed E-state index contributed by atoms with van der Waals surface area (Å²) in [6, 6.07) is 11.4. The lowest BCUT2D eigenvalue weighted by Gasteiger charge is -2.08. The molecule has 0 unspecified atom stereocenters. The minimum absolute atomic E-state index is 0.614. The van der Waals surface area contributed by atoms with Crippen molar-refractivity contribution in [1.82, 2.24) is 9.55 Å². The van der Waals surface area contributed by atoms with Crippen molar-refractivity contribution in [3.63, 3.8) is 0 Å². The minimum Gasteiger partial charge on any atom is -0.330 e. The predicted octanol–water partition coefficient (Wildman–Crippen LogP) is 5.60. The maximum absolute atomic E-state index is 6.29. The average Bonchev–Trinajstić information content (AvgIpc) is 2.67. The molecule has 0 fully saturated rings. The summed E-state index contributed by atoms with van der Waals surface area (Å²) in [6.07, 6.45) is 0. The van der Waals surface area contributed by atoms with Crippen molar-refractivity contribution in [3.05, 3.63) is 54.8 Å². The van der Waals surface area contributed by atoms with Crippen molar-refractivity contribution in [2.45, 2.75) is 0 Å². The molecular formula is C13H7Cl2IN2S. The summed E-state index contributed by atoms with van der Waals surface area (Å²) in [5.41, 5.74) is 2.77. The number of halogens is 3. The number of imidazole rings is 1. The Hall–Kier alpha value is -0.560. The van der Waals surface area contributed by atoms with E-state index in [1.807, 2.05) is 41.0 Å². The van der Waals surface area contributed by atoms with Crippen molar-refractivity contribution in [1.29, 1.82) is 0 Å². The number of benzene rings is 2. The van der Waals surface area contributed by atoms with Crippen LogP contribution in [0.2, 0.25) is 10.0 Å². The predicted molar refractivity (Wildman–Crippen MR) is 91.2 cm³/mol. The molecule has 6 heteroatoms. The van der Waals surface area contributed by atoms with E-state index in [4.69, 9.17) is 35.4 Å². The van der Waals surface area contributed by atoms with Gasteiger partial charge in [0.2, 0.25) is 0 Å². The fourth-order valence-corrected chi connectivity index (χ4v) is 3.68. The van der Waals surface area contributed by atoms with Gasteiger partial charge in [-0.25, -0.2) is 0 Å². The van der Waals surface area contributed by atoms with Crippen LogP contribution in [0, 0.1) is 8.34 Å². The van der Waals surface area contributed by atoms with E-state index in [2.05, 4.69) is 27.6 Å². The molecule has 3 rings (SSSR count). The van der Waals surface area contributed by atoms with E-state index in [1.165, 1.54) is 0 Å². The van der Waals surface area contributed by atoms with Gasteiger partial charge in [-0.3, -0.25) is 4.57 Å². The van der Waals surface area contributed by atoms with Crippen molar-refractivity contribution in [2.75, 3.05) is 0 Å². The van der Waals surface area contributed by atoms with E-state index in [0.29, 0.717) is 14.8 Å². The molecule has 0 bridgehead atoms. The Labute approximate surface area is 138 Å². The second kappa shape index (κ2) is 5.09. The third-order valence-electron chi connectivity index (χ3n) is 2.81. The number of aromatic amines is 1. The van der Waals surface area contributed by atoms with Gasteiger partial charge < -0.3 is 4.98 Å². The van der Waals surface area contributed by atoms with Crippen molar-refractivity contribution >= 4 is 69.0 Å². The van der Waals surface area contributed by atoms with Gasteiger partial charge in [0.15, 0.2) is 4.77 Å². The number of para-hydroxylation sites is 1. The van der Waals surface area contributed by atoms with E-state index < -0.39 is 0 Å². The maximum Gasteiger partial charge on any atom is 0.182 e. The van der Waals surface area contributed by atoms with Crippen molar-refractivity contribution < 1.29 is 0 Å². The molecule has 2 nitrogen and oxygen atoms in total. The second-order valence-corrected chi connectivity index (χ2v) is 6.39. The molecule has 19 heavy (non-hydrogen) atoms. The summed E-state index contributed by atoms with van der Waals surface area (Å²) in [4.78, 5) is 3.17. The van der Waals surface area contributed by atoms with Crippen LogP contribution in [-0.4, -0.2) is 9.55 Å². The summed E-state index contributed by atoms with van der Waals surface area (Å²) < 4.78 is 3.57. The van der Waals surface area contributed by atoms with Crippen molar-refractivity contribution in [3.8, 4) is 5.69 Å². The number of nitrogens with zero attached hydrogens (tertiary/aromatic N) is 1. The van der Waals surface area contributed by atoms with Gasteiger partial charge in [0.1, 0.15) is 0 Å². The zero-order valence-electron chi connectivity index (χ0n) is 9.45. The van der Waals surface area contributed by atoms with E-state index in [0.717, 1.165) is 20.3 Å². The van der Waals surface area contributed by atoms with E-state index in [9.17, 15) is 0 Å². The van der Waals surface area contributed by atoms with Gasteiger partial charge in [-0.05, 0) is 65.1 Å². The summed E-state index contributed by atoms with van der Waals surface area (Å²) in [5.74, 6) is 0. The minimum atomic E-state index is 0.614. The normalized spacial score (nSPS) is 11.1. The summed E-state index contributed by atoms with van der Waals surface area (Å²) in [6.45, 7) is 0.